The number of hydrogen-bond donors (Lipinski definition) is 1. The Labute approximate surface area is 124 Å². The number of carbonyl (C=O) groups is 1. The Bertz CT molecular complexity index is 207. The maximum atomic E-state index is 10.8. The van der Waals surface area contributed by atoms with Gasteiger partial charge < -0.3 is 0 Å². The summed E-state index contributed by atoms with van der Waals surface area (Å²) in [5, 5.41) is 8.86. The molecular weight excluding hydrogens is 343 g/mol. The second-order valence-electron chi connectivity index (χ2n) is 6.06. The summed E-state index contributed by atoms with van der Waals surface area (Å²) in [5.74, 6) is -0.610. The van der Waals surface area contributed by atoms with E-state index in [9.17, 15) is 4.79 Å². The van der Waals surface area contributed by atoms with Crippen molar-refractivity contribution >= 4 is 24.3 Å². The van der Waals surface area contributed by atoms with Crippen molar-refractivity contribution in [3.05, 3.63) is 0 Å². The van der Waals surface area contributed by atoms with Crippen molar-refractivity contribution in [1.82, 2.24) is 0 Å². The number of rotatable bonds is 13. The van der Waals surface area contributed by atoms with Crippen LogP contribution in [0, 0.1) is 0 Å². The quantitative estimate of drug-likeness (QED) is 0.418. The van der Waals surface area contributed by atoms with E-state index in [-0.39, 0.29) is 0 Å². The maximum absolute atomic E-state index is 10.8. The third-order valence-electron chi connectivity index (χ3n) is 4.28. The standard InChI is InChI=1S/C4H7O2.3C4H9.Sn/c1-2-3-4(5)6;3*1-3-4-2;/h1-3H2,(H,5,6);3*1,3-4H2,2H3;. The average molecular weight is 377 g/mol. The van der Waals surface area contributed by atoms with E-state index in [4.69, 9.17) is 5.11 Å². The van der Waals surface area contributed by atoms with Crippen molar-refractivity contribution in [1.29, 1.82) is 0 Å². The van der Waals surface area contributed by atoms with Gasteiger partial charge >= 0.3 is 124 Å². The minimum absolute atomic E-state index is 0.392. The van der Waals surface area contributed by atoms with Gasteiger partial charge in [0.1, 0.15) is 0 Å². The van der Waals surface area contributed by atoms with Crippen LogP contribution in [0.25, 0.3) is 0 Å². The number of carboxylic acids is 1. The zero-order valence-electron chi connectivity index (χ0n) is 13.3. The first-order chi connectivity index (χ1) is 9.10. The van der Waals surface area contributed by atoms with Crippen molar-refractivity contribution in [2.45, 2.75) is 89.9 Å². The molecule has 0 aliphatic heterocycles. The Morgan fingerprint density at radius 2 is 1.16 bits per heavy atom. The van der Waals surface area contributed by atoms with Crippen molar-refractivity contribution in [2.24, 2.45) is 0 Å². The van der Waals surface area contributed by atoms with Crippen molar-refractivity contribution in [3.63, 3.8) is 0 Å². The summed E-state index contributed by atoms with van der Waals surface area (Å²) >= 11 is -2.02. The Morgan fingerprint density at radius 3 is 1.47 bits per heavy atom. The van der Waals surface area contributed by atoms with E-state index in [1.165, 1.54) is 56.3 Å². The molecule has 114 valence electrons. The van der Waals surface area contributed by atoms with Crippen LogP contribution in [0.4, 0.5) is 0 Å². The third-order valence-corrected chi connectivity index (χ3v) is 20.4. The van der Waals surface area contributed by atoms with Crippen LogP contribution in [0.3, 0.4) is 0 Å². The number of unbranched alkanes of at least 4 members (excludes halogenated alkanes) is 3. The van der Waals surface area contributed by atoms with Crippen LogP contribution in [0.2, 0.25) is 17.7 Å². The van der Waals surface area contributed by atoms with E-state index in [1.807, 2.05) is 0 Å². The van der Waals surface area contributed by atoms with Crippen LogP contribution in [0.1, 0.15) is 72.1 Å². The SMILES string of the molecule is CCC[CH2][Sn]([CH2]CCC)([CH2]CCC)[CH2]CCC(=O)O. The molecule has 1 N–H and O–H groups in total. The molecule has 0 aromatic heterocycles. The first-order valence-electron chi connectivity index (χ1n) is 8.32. The van der Waals surface area contributed by atoms with Crippen molar-refractivity contribution in [2.75, 3.05) is 0 Å². The molecule has 0 amide bonds. The molecule has 0 aromatic carbocycles. The predicted molar refractivity (Wildman–Crippen MR) is 86.6 cm³/mol. The van der Waals surface area contributed by atoms with Gasteiger partial charge in [-0.05, 0) is 0 Å². The van der Waals surface area contributed by atoms with Gasteiger partial charge in [0, 0.05) is 0 Å². The van der Waals surface area contributed by atoms with Crippen LogP contribution in [-0.4, -0.2) is 29.5 Å². The van der Waals surface area contributed by atoms with E-state index in [1.54, 1.807) is 0 Å². The molecule has 0 atom stereocenters. The second-order valence-corrected chi connectivity index (χ2v) is 20.3. The molecule has 3 heteroatoms. The van der Waals surface area contributed by atoms with Gasteiger partial charge in [0.2, 0.25) is 0 Å². The van der Waals surface area contributed by atoms with Crippen LogP contribution < -0.4 is 0 Å². The second kappa shape index (κ2) is 12.0. The van der Waals surface area contributed by atoms with E-state index in [0.29, 0.717) is 6.42 Å². The van der Waals surface area contributed by atoms with Gasteiger partial charge in [-0.25, -0.2) is 0 Å². The van der Waals surface area contributed by atoms with E-state index < -0.39 is 24.3 Å². The molecule has 0 heterocycles. The summed E-state index contributed by atoms with van der Waals surface area (Å²) in [6, 6.07) is 0. The fourth-order valence-electron chi connectivity index (χ4n) is 3.02. The van der Waals surface area contributed by atoms with Crippen molar-refractivity contribution < 1.29 is 9.90 Å². The molecule has 0 saturated carbocycles. The number of hydrogen-bond acceptors (Lipinski definition) is 1. The molecule has 0 radical (unpaired) electrons. The summed E-state index contributed by atoms with van der Waals surface area (Å²) in [4.78, 5) is 10.8. The molecule has 0 aliphatic rings. The molecule has 0 unspecified atom stereocenters. The van der Waals surface area contributed by atoms with Crippen LogP contribution in [0.15, 0.2) is 0 Å². The zero-order chi connectivity index (χ0) is 14.6. The molecule has 0 bridgehead atoms. The van der Waals surface area contributed by atoms with Gasteiger partial charge in [-0.1, -0.05) is 0 Å². The normalized spacial score (nSPS) is 11.7. The van der Waals surface area contributed by atoms with Gasteiger partial charge in [0.05, 0.1) is 0 Å². The molecule has 0 spiro atoms. The summed E-state index contributed by atoms with van der Waals surface area (Å²) in [6.07, 6.45) is 9.40. The fraction of sp³-hybridized carbons (Fsp3) is 0.938. The van der Waals surface area contributed by atoms with E-state index >= 15 is 0 Å². The van der Waals surface area contributed by atoms with Gasteiger partial charge in [-0.3, -0.25) is 0 Å². The summed E-state index contributed by atoms with van der Waals surface area (Å²) in [5.41, 5.74) is 0. The fourth-order valence-corrected chi connectivity index (χ4v) is 19.4. The summed E-state index contributed by atoms with van der Waals surface area (Å²) in [6.45, 7) is 6.86. The Kier molecular flexibility index (Phi) is 12.2. The molecule has 19 heavy (non-hydrogen) atoms. The Morgan fingerprint density at radius 1 is 0.789 bits per heavy atom. The third kappa shape index (κ3) is 9.75. The molecule has 0 aliphatic carbocycles. The first-order valence-corrected chi connectivity index (χ1v) is 16.4. The topological polar surface area (TPSA) is 37.3 Å². The van der Waals surface area contributed by atoms with Gasteiger partial charge in [-0.2, -0.15) is 0 Å². The van der Waals surface area contributed by atoms with Crippen LogP contribution in [-0.2, 0) is 4.79 Å². The first kappa shape index (κ1) is 19.3. The molecule has 0 fully saturated rings. The van der Waals surface area contributed by atoms with E-state index in [0.717, 1.165) is 6.42 Å². The average Bonchev–Trinajstić information content (AvgIpc) is 2.39. The summed E-state index contributed by atoms with van der Waals surface area (Å²) < 4.78 is 5.83. The zero-order valence-corrected chi connectivity index (χ0v) is 16.2. The van der Waals surface area contributed by atoms with Crippen LogP contribution >= 0.6 is 0 Å². The Balaban J connectivity index is 4.51. The predicted octanol–water partition coefficient (Wildman–Crippen LogP) is 5.70. The van der Waals surface area contributed by atoms with Gasteiger partial charge in [-0.15, -0.1) is 0 Å². The molecule has 2 nitrogen and oxygen atoms in total. The Hall–Kier alpha value is 0.269. The molecule has 0 saturated heterocycles. The van der Waals surface area contributed by atoms with Crippen LogP contribution in [0.5, 0.6) is 0 Å². The molecule has 0 rings (SSSR count). The number of aliphatic carboxylic acids is 1. The number of carboxylic acid groups (broad SMARTS) is 1. The summed E-state index contributed by atoms with van der Waals surface area (Å²) in [7, 11) is 0. The van der Waals surface area contributed by atoms with E-state index in [2.05, 4.69) is 20.8 Å². The molecule has 0 aromatic rings. The minimum atomic E-state index is -2.02. The molecular formula is C16H34O2Sn. The monoisotopic (exact) mass is 378 g/mol. The van der Waals surface area contributed by atoms with Gasteiger partial charge in [0.15, 0.2) is 0 Å². The van der Waals surface area contributed by atoms with Gasteiger partial charge in [0.25, 0.3) is 0 Å². The van der Waals surface area contributed by atoms with Crippen molar-refractivity contribution in [3.8, 4) is 0 Å².